The fraction of sp³-hybridized carbons (Fsp3) is 0.350. The molecule has 0 unspecified atom stereocenters. The van der Waals surface area contributed by atoms with Gasteiger partial charge in [-0.1, -0.05) is 19.1 Å². The zero-order valence-electron chi connectivity index (χ0n) is 14.0. The first-order valence-corrected chi connectivity index (χ1v) is 8.49. The van der Waals surface area contributed by atoms with Gasteiger partial charge in [0.2, 0.25) is 0 Å². The first-order chi connectivity index (χ1) is 11.7. The van der Waals surface area contributed by atoms with Crippen molar-refractivity contribution in [2.24, 2.45) is 0 Å². The number of anilines is 1. The van der Waals surface area contributed by atoms with E-state index in [1.54, 1.807) is 12.1 Å². The maximum Gasteiger partial charge on any atom is 0.255 e. The zero-order valence-corrected chi connectivity index (χ0v) is 14.0. The van der Waals surface area contributed by atoms with E-state index in [9.17, 15) is 4.79 Å². The predicted octanol–water partition coefficient (Wildman–Crippen LogP) is 4.06. The molecule has 4 nitrogen and oxygen atoms in total. The smallest absolute Gasteiger partial charge is 0.255 e. The summed E-state index contributed by atoms with van der Waals surface area (Å²) in [7, 11) is 0. The van der Waals surface area contributed by atoms with Gasteiger partial charge in [-0.15, -0.1) is 0 Å². The minimum absolute atomic E-state index is 0.117. The van der Waals surface area contributed by atoms with Crippen molar-refractivity contribution in [2.75, 3.05) is 18.5 Å². The lowest BCUT2D eigenvalue weighted by molar-refractivity contribution is 0.0679. The van der Waals surface area contributed by atoms with Gasteiger partial charge >= 0.3 is 0 Å². The van der Waals surface area contributed by atoms with Crippen LogP contribution in [0.2, 0.25) is 0 Å². The number of amides is 1. The molecule has 3 rings (SSSR count). The Morgan fingerprint density at radius 3 is 2.79 bits per heavy atom. The monoisotopic (exact) mass is 325 g/mol. The molecule has 1 fully saturated rings. The molecule has 4 heteroatoms. The molecule has 0 aliphatic carbocycles. The van der Waals surface area contributed by atoms with Crippen molar-refractivity contribution in [1.29, 1.82) is 0 Å². The average molecular weight is 325 g/mol. The van der Waals surface area contributed by atoms with E-state index < -0.39 is 0 Å². The highest BCUT2D eigenvalue weighted by Gasteiger charge is 2.16. The molecular weight excluding hydrogens is 302 g/mol. The summed E-state index contributed by atoms with van der Waals surface area (Å²) in [5.41, 5.74) is 2.63. The van der Waals surface area contributed by atoms with Gasteiger partial charge in [0, 0.05) is 17.9 Å². The molecule has 0 radical (unpaired) electrons. The van der Waals surface area contributed by atoms with Crippen LogP contribution in [0.5, 0.6) is 5.75 Å². The molecule has 1 aliphatic heterocycles. The molecule has 1 aliphatic rings. The Balaban J connectivity index is 1.56. The van der Waals surface area contributed by atoms with Crippen LogP contribution in [0, 0.1) is 0 Å². The first-order valence-electron chi connectivity index (χ1n) is 8.49. The summed E-state index contributed by atoms with van der Waals surface area (Å²) in [5, 5.41) is 2.93. The number of carbonyl (C=O) groups excluding carboxylic acids is 1. The number of carbonyl (C=O) groups is 1. The summed E-state index contributed by atoms with van der Waals surface area (Å²) in [4.78, 5) is 12.3. The molecule has 126 valence electrons. The molecule has 0 bridgehead atoms. The van der Waals surface area contributed by atoms with Crippen LogP contribution in [-0.4, -0.2) is 25.2 Å². The van der Waals surface area contributed by atoms with Gasteiger partial charge in [-0.05, 0) is 61.2 Å². The van der Waals surface area contributed by atoms with Crippen molar-refractivity contribution in [1.82, 2.24) is 0 Å². The van der Waals surface area contributed by atoms with E-state index in [1.807, 2.05) is 30.3 Å². The van der Waals surface area contributed by atoms with Crippen molar-refractivity contribution in [3.63, 3.8) is 0 Å². The molecule has 0 saturated carbocycles. The minimum atomic E-state index is -0.117. The molecule has 2 aromatic rings. The summed E-state index contributed by atoms with van der Waals surface area (Å²) in [5.74, 6) is 0.643. The van der Waals surface area contributed by atoms with E-state index in [2.05, 4.69) is 18.3 Å². The van der Waals surface area contributed by atoms with Crippen molar-refractivity contribution in [3.8, 4) is 5.75 Å². The summed E-state index contributed by atoms with van der Waals surface area (Å²) in [6.07, 6.45) is 3.29. The Kier molecular flexibility index (Phi) is 5.49. The van der Waals surface area contributed by atoms with E-state index in [-0.39, 0.29) is 12.0 Å². The molecule has 1 heterocycles. The lowest BCUT2D eigenvalue weighted by atomic mass is 10.1. The van der Waals surface area contributed by atoms with Gasteiger partial charge in [0.05, 0.1) is 6.10 Å². The minimum Gasteiger partial charge on any atom is -0.491 e. The molecule has 1 N–H and O–H groups in total. The second kappa shape index (κ2) is 7.97. The molecule has 1 amide bonds. The third kappa shape index (κ3) is 4.36. The van der Waals surface area contributed by atoms with Crippen LogP contribution in [0.3, 0.4) is 0 Å². The number of benzene rings is 2. The first kappa shape index (κ1) is 16.5. The number of hydrogen-bond acceptors (Lipinski definition) is 3. The van der Waals surface area contributed by atoms with Crippen LogP contribution >= 0.6 is 0 Å². The molecule has 0 spiro atoms. The summed E-state index contributed by atoms with van der Waals surface area (Å²) in [6, 6.07) is 15.1. The second-order valence-corrected chi connectivity index (χ2v) is 5.98. The van der Waals surface area contributed by atoms with Crippen LogP contribution in [0.15, 0.2) is 48.5 Å². The van der Waals surface area contributed by atoms with E-state index in [0.29, 0.717) is 12.2 Å². The number of rotatable bonds is 6. The van der Waals surface area contributed by atoms with Gasteiger partial charge in [-0.3, -0.25) is 4.79 Å². The molecule has 1 atom stereocenters. The topological polar surface area (TPSA) is 47.6 Å². The van der Waals surface area contributed by atoms with Gasteiger partial charge < -0.3 is 14.8 Å². The predicted molar refractivity (Wildman–Crippen MR) is 94.7 cm³/mol. The van der Waals surface area contributed by atoms with Crippen molar-refractivity contribution < 1.29 is 14.3 Å². The third-order valence-electron chi connectivity index (χ3n) is 4.17. The molecule has 1 saturated heterocycles. The highest BCUT2D eigenvalue weighted by Crippen LogP contribution is 2.18. The van der Waals surface area contributed by atoms with Crippen LogP contribution < -0.4 is 10.1 Å². The molecule has 0 aromatic heterocycles. The average Bonchev–Trinajstić information content (AvgIpc) is 3.14. The van der Waals surface area contributed by atoms with Crippen molar-refractivity contribution in [3.05, 3.63) is 59.7 Å². The Morgan fingerprint density at radius 1 is 1.25 bits per heavy atom. The Bertz CT molecular complexity index is 676. The second-order valence-electron chi connectivity index (χ2n) is 5.98. The van der Waals surface area contributed by atoms with Crippen LogP contribution in [0.1, 0.15) is 35.7 Å². The normalized spacial score (nSPS) is 16.8. The third-order valence-corrected chi connectivity index (χ3v) is 4.17. The lowest BCUT2D eigenvalue weighted by Crippen LogP contribution is -2.16. The fourth-order valence-electron chi connectivity index (χ4n) is 2.74. The number of ether oxygens (including phenoxy) is 2. The maximum atomic E-state index is 12.3. The van der Waals surface area contributed by atoms with E-state index >= 15 is 0 Å². The van der Waals surface area contributed by atoms with Gasteiger partial charge in [0.25, 0.3) is 5.91 Å². The molecule has 24 heavy (non-hydrogen) atoms. The standard InChI is InChI=1S/C20H23NO3/c1-2-15-5-3-6-17(13-15)21-20(22)16-8-10-18(11-9-16)24-14-19-7-4-12-23-19/h3,5-6,8-11,13,19H,2,4,7,12,14H2,1H3,(H,21,22)/t19-/m1/s1. The molecular formula is C20H23NO3. The lowest BCUT2D eigenvalue weighted by Gasteiger charge is -2.12. The fourth-order valence-corrected chi connectivity index (χ4v) is 2.74. The largest absolute Gasteiger partial charge is 0.491 e. The van der Waals surface area contributed by atoms with E-state index in [0.717, 1.165) is 37.3 Å². The maximum absolute atomic E-state index is 12.3. The highest BCUT2D eigenvalue weighted by atomic mass is 16.5. The van der Waals surface area contributed by atoms with Gasteiger partial charge in [0.1, 0.15) is 12.4 Å². The van der Waals surface area contributed by atoms with Crippen LogP contribution in [0.25, 0.3) is 0 Å². The number of aryl methyl sites for hydroxylation is 1. The van der Waals surface area contributed by atoms with Gasteiger partial charge in [-0.2, -0.15) is 0 Å². The van der Waals surface area contributed by atoms with E-state index in [1.165, 1.54) is 5.56 Å². The number of nitrogens with one attached hydrogen (secondary N) is 1. The Hall–Kier alpha value is -2.33. The SMILES string of the molecule is CCc1cccc(NC(=O)c2ccc(OC[C@H]3CCCO3)cc2)c1. The quantitative estimate of drug-likeness (QED) is 0.871. The molecule has 2 aromatic carbocycles. The van der Waals surface area contributed by atoms with Crippen molar-refractivity contribution >= 4 is 11.6 Å². The number of hydrogen-bond donors (Lipinski definition) is 1. The van der Waals surface area contributed by atoms with Gasteiger partial charge in [-0.25, -0.2) is 0 Å². The Morgan fingerprint density at radius 2 is 2.08 bits per heavy atom. The van der Waals surface area contributed by atoms with Crippen LogP contribution in [0.4, 0.5) is 5.69 Å². The summed E-state index contributed by atoms with van der Waals surface area (Å²) < 4.78 is 11.2. The van der Waals surface area contributed by atoms with E-state index in [4.69, 9.17) is 9.47 Å². The van der Waals surface area contributed by atoms with Gasteiger partial charge in [0.15, 0.2) is 0 Å². The summed E-state index contributed by atoms with van der Waals surface area (Å²) in [6.45, 7) is 3.48. The highest BCUT2D eigenvalue weighted by molar-refractivity contribution is 6.04. The zero-order chi connectivity index (χ0) is 16.8. The summed E-state index contributed by atoms with van der Waals surface area (Å²) >= 11 is 0. The van der Waals surface area contributed by atoms with Crippen LogP contribution in [-0.2, 0) is 11.2 Å². The van der Waals surface area contributed by atoms with Crippen molar-refractivity contribution in [2.45, 2.75) is 32.3 Å². The Labute approximate surface area is 142 Å².